The lowest BCUT2D eigenvalue weighted by Gasteiger charge is -2.22. The summed E-state index contributed by atoms with van der Waals surface area (Å²) in [6, 6.07) is 89.6. The third-order valence-corrected chi connectivity index (χ3v) is 15.9. The number of fused-ring (bicyclic) bond motifs is 4. The Hall–Kier alpha value is -12.4. The number of allylic oxidation sites excluding steroid dienone is 2. The molecule has 0 amide bonds. The fourth-order valence-electron chi connectivity index (χ4n) is 11.9. The lowest BCUT2D eigenvalue weighted by atomic mass is 9.95. The zero-order valence-electron chi connectivity index (χ0n) is 46.0. The number of nitriles is 5. The van der Waals surface area contributed by atoms with Gasteiger partial charge in [0.1, 0.15) is 0 Å². The maximum atomic E-state index is 11.5. The summed E-state index contributed by atoms with van der Waals surface area (Å²) in [6.07, 6.45) is 3.98. The fourth-order valence-corrected chi connectivity index (χ4v) is 11.9. The first-order chi connectivity index (χ1) is 41.8. The van der Waals surface area contributed by atoms with Crippen molar-refractivity contribution < 1.29 is 0 Å². The predicted molar refractivity (Wildman–Crippen MR) is 341 cm³/mol. The molecule has 3 heterocycles. The van der Waals surface area contributed by atoms with Crippen LogP contribution in [-0.2, 0) is 0 Å². The van der Waals surface area contributed by atoms with Crippen LogP contribution in [0.3, 0.4) is 0 Å². The van der Waals surface area contributed by atoms with Crippen molar-refractivity contribution in [3.05, 3.63) is 294 Å². The van der Waals surface area contributed by atoms with Gasteiger partial charge in [-0.1, -0.05) is 164 Å². The Morgan fingerprint density at radius 1 is 0.400 bits per heavy atom. The van der Waals surface area contributed by atoms with Crippen LogP contribution in [0.2, 0.25) is 0 Å². The van der Waals surface area contributed by atoms with Gasteiger partial charge in [-0.3, -0.25) is 0 Å². The van der Waals surface area contributed by atoms with Gasteiger partial charge in [-0.15, -0.1) is 0 Å². The highest BCUT2D eigenvalue weighted by molar-refractivity contribution is 6.13. The van der Waals surface area contributed by atoms with Crippen LogP contribution in [0.1, 0.15) is 44.6 Å². The molecule has 0 spiro atoms. The number of nitrogens with zero attached hydrogens (tertiary/aromatic N) is 8. The number of pyridine rings is 1. The van der Waals surface area contributed by atoms with E-state index in [0.717, 1.165) is 111 Å². The standard InChI is InChI=1S/C77H46N8/c1-49(62-25-13-9-21-57(62)45-79)29-33-71-50(2)66-39-54(63-26-14-10-22-58(63)46-80)30-34-72(66)84(71)75-37-51(44-78)38-76(77(75)61-42-69(52-17-5-3-6-18-52)83-70(43-61)53-19-7-4-8-20-53)85-73-35-31-55(64-27-15-11-23-59(64)47-81)40-67(73)68-41-56(32-36-74(68)85)65-28-16-12-24-60(65)48-82/h3-43H,1H2,2H3/b33-29-. The number of aromatic nitrogens is 3. The summed E-state index contributed by atoms with van der Waals surface area (Å²) in [5.41, 5.74) is 19.4. The third-order valence-electron chi connectivity index (χ3n) is 15.9. The quantitative estimate of drug-likeness (QED) is 0.118. The number of hydrogen-bond acceptors (Lipinski definition) is 6. The predicted octanol–water partition coefficient (Wildman–Crippen LogP) is 18.5. The van der Waals surface area contributed by atoms with Gasteiger partial charge in [-0.05, 0) is 154 Å². The average Bonchev–Trinajstić information content (AvgIpc) is 4.23. The molecule has 0 unspecified atom stereocenters. The zero-order chi connectivity index (χ0) is 58.1. The van der Waals surface area contributed by atoms with E-state index in [-0.39, 0.29) is 0 Å². The molecular formula is C77H46N8. The second kappa shape index (κ2) is 21.9. The van der Waals surface area contributed by atoms with Crippen LogP contribution >= 0.6 is 0 Å². The Morgan fingerprint density at radius 2 is 0.812 bits per heavy atom. The van der Waals surface area contributed by atoms with E-state index in [2.05, 4.69) is 126 Å². The molecule has 0 aliphatic rings. The fraction of sp³-hybridized carbons (Fsp3) is 0.0130. The van der Waals surface area contributed by atoms with Crippen molar-refractivity contribution in [3.8, 4) is 109 Å². The average molecular weight is 1080 g/mol. The second-order valence-electron chi connectivity index (χ2n) is 20.7. The number of hydrogen-bond donors (Lipinski definition) is 0. The summed E-state index contributed by atoms with van der Waals surface area (Å²) in [5.74, 6) is 0. The van der Waals surface area contributed by atoms with E-state index in [1.165, 1.54) is 0 Å². The second-order valence-corrected chi connectivity index (χ2v) is 20.7. The van der Waals surface area contributed by atoms with E-state index in [0.29, 0.717) is 50.3 Å². The molecule has 0 saturated heterocycles. The van der Waals surface area contributed by atoms with Crippen LogP contribution in [-0.4, -0.2) is 14.1 Å². The molecule has 0 saturated carbocycles. The number of benzene rings is 10. The van der Waals surface area contributed by atoms with Gasteiger partial charge >= 0.3 is 0 Å². The molecule has 13 rings (SSSR count). The van der Waals surface area contributed by atoms with Gasteiger partial charge in [-0.2, -0.15) is 26.3 Å². The van der Waals surface area contributed by atoms with E-state index in [1.807, 2.05) is 170 Å². The van der Waals surface area contributed by atoms with E-state index in [9.17, 15) is 26.3 Å². The molecule has 0 atom stereocenters. The van der Waals surface area contributed by atoms with Crippen LogP contribution in [0.5, 0.6) is 0 Å². The monoisotopic (exact) mass is 1080 g/mol. The molecule has 3 aromatic heterocycles. The normalized spacial score (nSPS) is 11.1. The lowest BCUT2D eigenvalue weighted by molar-refractivity contribution is 1.08. The molecule has 85 heavy (non-hydrogen) atoms. The summed E-state index contributed by atoms with van der Waals surface area (Å²) < 4.78 is 4.46. The summed E-state index contributed by atoms with van der Waals surface area (Å²) in [5, 5.41) is 55.5. The van der Waals surface area contributed by atoms with Gasteiger partial charge in [0.05, 0.1) is 97.5 Å². The molecule has 0 bridgehead atoms. The summed E-state index contributed by atoms with van der Waals surface area (Å²) >= 11 is 0. The van der Waals surface area contributed by atoms with E-state index < -0.39 is 0 Å². The topological polar surface area (TPSA) is 142 Å². The van der Waals surface area contributed by atoms with Gasteiger partial charge in [-0.25, -0.2) is 4.98 Å². The minimum absolute atomic E-state index is 0.393. The van der Waals surface area contributed by atoms with Crippen molar-refractivity contribution in [3.63, 3.8) is 0 Å². The van der Waals surface area contributed by atoms with Crippen LogP contribution < -0.4 is 0 Å². The molecule has 13 aromatic rings. The van der Waals surface area contributed by atoms with E-state index in [4.69, 9.17) is 4.98 Å². The highest BCUT2D eigenvalue weighted by Crippen LogP contribution is 2.46. The Labute approximate surface area is 491 Å². The Morgan fingerprint density at radius 3 is 1.28 bits per heavy atom. The Bertz CT molecular complexity index is 4980. The van der Waals surface area contributed by atoms with Gasteiger partial charge in [0, 0.05) is 38.5 Å². The molecule has 8 heteroatoms. The van der Waals surface area contributed by atoms with Crippen molar-refractivity contribution in [2.75, 3.05) is 0 Å². The Kier molecular flexibility index (Phi) is 13.4. The molecule has 0 aliphatic carbocycles. The molecule has 0 radical (unpaired) electrons. The molecule has 394 valence electrons. The molecule has 8 nitrogen and oxygen atoms in total. The first-order valence-corrected chi connectivity index (χ1v) is 27.6. The number of rotatable bonds is 11. The summed E-state index contributed by atoms with van der Waals surface area (Å²) in [7, 11) is 0. The number of aryl methyl sites for hydroxylation is 1. The van der Waals surface area contributed by atoms with Gasteiger partial charge in [0.25, 0.3) is 0 Å². The molecule has 10 aromatic carbocycles. The highest BCUT2D eigenvalue weighted by atomic mass is 15.0. The van der Waals surface area contributed by atoms with Crippen LogP contribution in [0.4, 0.5) is 0 Å². The highest BCUT2D eigenvalue weighted by Gasteiger charge is 2.27. The minimum atomic E-state index is 0.393. The zero-order valence-corrected chi connectivity index (χ0v) is 46.0. The summed E-state index contributed by atoms with van der Waals surface area (Å²) in [6.45, 7) is 6.58. The minimum Gasteiger partial charge on any atom is -0.309 e. The van der Waals surface area contributed by atoms with Crippen molar-refractivity contribution in [2.24, 2.45) is 0 Å². The van der Waals surface area contributed by atoms with E-state index in [1.54, 1.807) is 6.07 Å². The maximum absolute atomic E-state index is 11.5. The smallest absolute Gasteiger partial charge is 0.0998 e. The van der Waals surface area contributed by atoms with E-state index >= 15 is 0 Å². The van der Waals surface area contributed by atoms with Gasteiger partial charge < -0.3 is 9.13 Å². The first kappa shape index (κ1) is 52.0. The van der Waals surface area contributed by atoms with Gasteiger partial charge in [0.2, 0.25) is 0 Å². The molecule has 0 N–H and O–H groups in total. The molecule has 0 fully saturated rings. The first-order valence-electron chi connectivity index (χ1n) is 27.6. The Balaban J connectivity index is 1.19. The molecular weight excluding hydrogens is 1040 g/mol. The summed E-state index contributed by atoms with van der Waals surface area (Å²) in [4.78, 5) is 5.37. The van der Waals surface area contributed by atoms with Crippen LogP contribution in [0.25, 0.3) is 123 Å². The lowest BCUT2D eigenvalue weighted by Crippen LogP contribution is -2.07. The largest absolute Gasteiger partial charge is 0.309 e. The third kappa shape index (κ3) is 9.26. The van der Waals surface area contributed by atoms with Crippen LogP contribution in [0.15, 0.2) is 249 Å². The van der Waals surface area contributed by atoms with Crippen molar-refractivity contribution in [1.82, 2.24) is 14.1 Å². The van der Waals surface area contributed by atoms with Crippen molar-refractivity contribution >= 4 is 44.4 Å². The van der Waals surface area contributed by atoms with Crippen molar-refractivity contribution in [1.29, 1.82) is 26.3 Å². The SMILES string of the molecule is C=C(/C=C\c1c(C)c2cc(-c3ccccc3C#N)ccc2n1-c1cc(C#N)cc(-n2c3ccc(-c4ccccc4C#N)cc3c3cc(-c4ccccc4C#N)ccc32)c1-c1cc(-c2ccccc2)nc(-c2ccccc2)c1)c1ccccc1C#N. The van der Waals surface area contributed by atoms with Crippen molar-refractivity contribution in [2.45, 2.75) is 6.92 Å². The van der Waals surface area contributed by atoms with Crippen LogP contribution in [0, 0.1) is 63.6 Å². The van der Waals surface area contributed by atoms with Gasteiger partial charge in [0.15, 0.2) is 0 Å². The molecule has 0 aliphatic heterocycles. The maximum Gasteiger partial charge on any atom is 0.0998 e.